The van der Waals surface area contributed by atoms with Crippen molar-refractivity contribution in [3.05, 3.63) is 77.4 Å². The smallest absolute Gasteiger partial charge is 0.416 e. The van der Waals surface area contributed by atoms with Crippen molar-refractivity contribution in [2.24, 2.45) is 0 Å². The zero-order valence-electron chi connectivity index (χ0n) is 14.8. The molecule has 0 radical (unpaired) electrons. The van der Waals surface area contributed by atoms with Crippen LogP contribution in [0.2, 0.25) is 0 Å². The number of halogens is 3. The van der Waals surface area contributed by atoms with Gasteiger partial charge in [-0.3, -0.25) is 4.79 Å². The Morgan fingerprint density at radius 3 is 2.25 bits per heavy atom. The van der Waals surface area contributed by atoms with Crippen LogP contribution in [0.25, 0.3) is 6.08 Å². The van der Waals surface area contributed by atoms with Gasteiger partial charge in [-0.1, -0.05) is 42.5 Å². The molecule has 7 heteroatoms. The number of alkyl halides is 3. The van der Waals surface area contributed by atoms with E-state index >= 15 is 0 Å². The van der Waals surface area contributed by atoms with Gasteiger partial charge >= 0.3 is 12.1 Å². The van der Waals surface area contributed by atoms with Crippen molar-refractivity contribution < 1.29 is 27.5 Å². The van der Waals surface area contributed by atoms with Crippen molar-refractivity contribution in [3.8, 4) is 0 Å². The third kappa shape index (κ3) is 5.45. The van der Waals surface area contributed by atoms with E-state index in [1.54, 1.807) is 30.3 Å². The molecular formula is C21H18F3NO3. The van der Waals surface area contributed by atoms with Crippen molar-refractivity contribution in [2.45, 2.75) is 31.2 Å². The molecular weight excluding hydrogens is 371 g/mol. The SMILES string of the molecule is O=C(/C=C/c1ccc(C(F)(F)F)cc1)O[C@H](C(=O)NC1CC1)c1ccccc1. The zero-order chi connectivity index (χ0) is 20.1. The summed E-state index contributed by atoms with van der Waals surface area (Å²) in [6.45, 7) is 0. The second-order valence-electron chi connectivity index (χ2n) is 6.46. The summed E-state index contributed by atoms with van der Waals surface area (Å²) in [4.78, 5) is 24.6. The van der Waals surface area contributed by atoms with E-state index in [9.17, 15) is 22.8 Å². The number of esters is 1. The van der Waals surface area contributed by atoms with Gasteiger partial charge in [-0.15, -0.1) is 0 Å². The molecule has 2 aromatic rings. The molecule has 0 bridgehead atoms. The molecule has 1 aliphatic rings. The van der Waals surface area contributed by atoms with Gasteiger partial charge in [0.2, 0.25) is 6.10 Å². The summed E-state index contributed by atoms with van der Waals surface area (Å²) in [6, 6.07) is 13.1. The lowest BCUT2D eigenvalue weighted by atomic mass is 10.1. The Balaban J connectivity index is 1.67. The fourth-order valence-electron chi connectivity index (χ4n) is 2.51. The van der Waals surface area contributed by atoms with Crippen LogP contribution in [0.3, 0.4) is 0 Å². The summed E-state index contributed by atoms with van der Waals surface area (Å²) >= 11 is 0. The summed E-state index contributed by atoms with van der Waals surface area (Å²) in [6.07, 6.45) is -1.29. The zero-order valence-corrected chi connectivity index (χ0v) is 14.8. The number of nitrogens with one attached hydrogen (secondary N) is 1. The average Bonchev–Trinajstić information content (AvgIpc) is 3.48. The van der Waals surface area contributed by atoms with E-state index in [-0.39, 0.29) is 6.04 Å². The van der Waals surface area contributed by atoms with Crippen LogP contribution in [0.5, 0.6) is 0 Å². The lowest BCUT2D eigenvalue weighted by Crippen LogP contribution is -2.33. The van der Waals surface area contributed by atoms with Gasteiger partial charge in [-0.25, -0.2) is 4.79 Å². The van der Waals surface area contributed by atoms with Crippen molar-refractivity contribution in [1.82, 2.24) is 5.32 Å². The number of carbonyl (C=O) groups excluding carboxylic acids is 2. The molecule has 0 unspecified atom stereocenters. The van der Waals surface area contributed by atoms with Crippen LogP contribution < -0.4 is 5.32 Å². The van der Waals surface area contributed by atoms with Crippen molar-refractivity contribution in [2.75, 3.05) is 0 Å². The predicted molar refractivity (Wildman–Crippen MR) is 96.9 cm³/mol. The van der Waals surface area contributed by atoms with Gasteiger partial charge in [0.15, 0.2) is 0 Å². The van der Waals surface area contributed by atoms with Crippen molar-refractivity contribution in [3.63, 3.8) is 0 Å². The topological polar surface area (TPSA) is 55.4 Å². The van der Waals surface area contributed by atoms with Gasteiger partial charge in [0.1, 0.15) is 0 Å². The van der Waals surface area contributed by atoms with E-state index in [0.717, 1.165) is 31.1 Å². The first-order chi connectivity index (χ1) is 13.3. The fourth-order valence-corrected chi connectivity index (χ4v) is 2.51. The van der Waals surface area contributed by atoms with Gasteiger partial charge in [0.05, 0.1) is 5.56 Å². The number of hydrogen-bond acceptors (Lipinski definition) is 3. The lowest BCUT2D eigenvalue weighted by molar-refractivity contribution is -0.151. The first-order valence-electron chi connectivity index (χ1n) is 8.74. The number of ether oxygens (including phenoxy) is 1. The highest BCUT2D eigenvalue weighted by Crippen LogP contribution is 2.29. The monoisotopic (exact) mass is 389 g/mol. The number of carbonyl (C=O) groups is 2. The Kier molecular flexibility index (Phi) is 5.82. The second-order valence-corrected chi connectivity index (χ2v) is 6.46. The first kappa shape index (κ1) is 19.7. The fraction of sp³-hybridized carbons (Fsp3) is 0.238. The van der Waals surface area contributed by atoms with E-state index < -0.39 is 29.7 Å². The van der Waals surface area contributed by atoms with Gasteiger partial charge in [0.25, 0.3) is 5.91 Å². The second kappa shape index (κ2) is 8.29. The molecule has 1 N–H and O–H groups in total. The van der Waals surface area contributed by atoms with Gasteiger partial charge < -0.3 is 10.1 Å². The van der Waals surface area contributed by atoms with E-state index in [1.807, 2.05) is 0 Å². The maximum Gasteiger partial charge on any atom is 0.416 e. The van der Waals surface area contributed by atoms with Crippen LogP contribution in [-0.2, 0) is 20.5 Å². The van der Waals surface area contributed by atoms with Crippen molar-refractivity contribution in [1.29, 1.82) is 0 Å². The summed E-state index contributed by atoms with van der Waals surface area (Å²) < 4.78 is 43.0. The van der Waals surface area contributed by atoms with E-state index in [1.165, 1.54) is 18.2 Å². The van der Waals surface area contributed by atoms with Crippen molar-refractivity contribution >= 4 is 18.0 Å². The third-order valence-electron chi connectivity index (χ3n) is 4.15. The maximum absolute atomic E-state index is 12.6. The number of amides is 1. The largest absolute Gasteiger partial charge is 0.444 e. The molecule has 1 atom stereocenters. The van der Waals surface area contributed by atoms with E-state index in [0.29, 0.717) is 11.1 Å². The number of benzene rings is 2. The molecule has 1 saturated carbocycles. The summed E-state index contributed by atoms with van der Waals surface area (Å²) in [5.41, 5.74) is 0.175. The molecule has 1 amide bonds. The van der Waals surface area contributed by atoms with Crippen LogP contribution >= 0.6 is 0 Å². The Morgan fingerprint density at radius 1 is 1.04 bits per heavy atom. The molecule has 146 valence electrons. The van der Waals surface area contributed by atoms with Gasteiger partial charge in [0, 0.05) is 17.7 Å². The van der Waals surface area contributed by atoms with E-state index in [2.05, 4.69) is 5.32 Å². The predicted octanol–water partition coefficient (Wildman–Crippen LogP) is 4.28. The van der Waals surface area contributed by atoms with Gasteiger partial charge in [-0.05, 0) is 36.6 Å². The highest BCUT2D eigenvalue weighted by Gasteiger charge is 2.31. The molecule has 0 aliphatic heterocycles. The quantitative estimate of drug-likeness (QED) is 0.593. The van der Waals surface area contributed by atoms with Crippen LogP contribution in [0, 0.1) is 0 Å². The Bertz CT molecular complexity index is 857. The van der Waals surface area contributed by atoms with Gasteiger partial charge in [-0.2, -0.15) is 13.2 Å². The molecule has 0 spiro atoms. The van der Waals surface area contributed by atoms with Crippen LogP contribution in [0.4, 0.5) is 13.2 Å². The minimum atomic E-state index is -4.42. The summed E-state index contributed by atoms with van der Waals surface area (Å²) in [5.74, 6) is -1.16. The normalized spacial score (nSPS) is 15.2. The number of hydrogen-bond donors (Lipinski definition) is 1. The Morgan fingerprint density at radius 2 is 1.68 bits per heavy atom. The molecule has 28 heavy (non-hydrogen) atoms. The molecule has 4 nitrogen and oxygen atoms in total. The van der Waals surface area contributed by atoms with E-state index in [4.69, 9.17) is 4.74 Å². The highest BCUT2D eigenvalue weighted by molar-refractivity contribution is 5.91. The van der Waals surface area contributed by atoms with Crippen LogP contribution in [0.1, 0.15) is 35.6 Å². The third-order valence-corrected chi connectivity index (χ3v) is 4.15. The minimum absolute atomic E-state index is 0.111. The Hall–Kier alpha value is -3.09. The highest BCUT2D eigenvalue weighted by atomic mass is 19.4. The average molecular weight is 389 g/mol. The minimum Gasteiger partial charge on any atom is -0.444 e. The number of rotatable bonds is 6. The molecule has 0 saturated heterocycles. The molecule has 1 aliphatic carbocycles. The summed E-state index contributed by atoms with van der Waals surface area (Å²) in [7, 11) is 0. The lowest BCUT2D eigenvalue weighted by Gasteiger charge is -2.17. The first-order valence-corrected chi connectivity index (χ1v) is 8.74. The van der Waals surface area contributed by atoms with Crippen LogP contribution in [-0.4, -0.2) is 17.9 Å². The summed E-state index contributed by atoms with van der Waals surface area (Å²) in [5, 5.41) is 2.81. The van der Waals surface area contributed by atoms with Crippen LogP contribution in [0.15, 0.2) is 60.7 Å². The molecule has 3 rings (SSSR count). The molecule has 0 aromatic heterocycles. The molecule has 1 fully saturated rings. The maximum atomic E-state index is 12.6. The standard InChI is InChI=1S/C21H18F3NO3/c22-21(23,24)16-9-6-14(7-10-16)8-13-18(26)28-19(15-4-2-1-3-5-15)20(27)25-17-11-12-17/h1-10,13,17,19H,11-12H2,(H,25,27)/b13-8+/t19-/m0/s1. The Labute approximate surface area is 160 Å². The molecule has 0 heterocycles. The molecule has 2 aromatic carbocycles.